The molecule has 592 valence electrons. The van der Waals surface area contributed by atoms with Crippen molar-refractivity contribution in [3.8, 4) is 11.5 Å². The summed E-state index contributed by atoms with van der Waals surface area (Å²) in [6.07, 6.45) is -0.297. The van der Waals surface area contributed by atoms with Crippen LogP contribution in [0.25, 0.3) is 0 Å². The summed E-state index contributed by atoms with van der Waals surface area (Å²) in [5.74, 6) is -14.6. The number of aliphatic carboxylic acids is 2. The summed E-state index contributed by atoms with van der Waals surface area (Å²) in [5.41, 5.74) is 40.7. The van der Waals surface area contributed by atoms with Gasteiger partial charge in [0, 0.05) is 45.4 Å². The number of aliphatic imine (C=N–C) groups is 2. The molecule has 0 unspecified atom stereocenters. The molecule has 38 nitrogen and oxygen atoms in total. The van der Waals surface area contributed by atoms with E-state index >= 15 is 0 Å². The van der Waals surface area contributed by atoms with Crippen LogP contribution < -0.4 is 88.0 Å². The van der Waals surface area contributed by atoms with Crippen LogP contribution in [-0.2, 0) is 80.0 Å². The molecule has 2 aliphatic heterocycles. The first-order chi connectivity index (χ1) is 50.6. The van der Waals surface area contributed by atoms with Gasteiger partial charge in [-0.15, -0.1) is 0 Å². The minimum atomic E-state index is -1.77. The fourth-order valence-corrected chi connectivity index (χ4v) is 12.1. The van der Waals surface area contributed by atoms with Gasteiger partial charge in [0.05, 0.1) is 19.0 Å². The highest BCUT2D eigenvalue weighted by Crippen LogP contribution is 2.24. The molecule has 27 N–H and O–H groups in total. The van der Waals surface area contributed by atoms with Crippen molar-refractivity contribution in [3.63, 3.8) is 0 Å². The first-order valence-corrected chi connectivity index (χ1v) is 35.8. The van der Waals surface area contributed by atoms with Gasteiger partial charge in [-0.25, -0.2) is 4.79 Å². The molecule has 2 aromatic rings. The first kappa shape index (κ1) is 88.5. The lowest BCUT2D eigenvalue weighted by Gasteiger charge is -2.32. The summed E-state index contributed by atoms with van der Waals surface area (Å²) in [6, 6.07) is -3.92. The van der Waals surface area contributed by atoms with Crippen molar-refractivity contribution >= 4 is 94.7 Å². The molecule has 2 fully saturated rings. The molecule has 2 aliphatic rings. The van der Waals surface area contributed by atoms with Crippen LogP contribution >= 0.6 is 0 Å². The maximum atomic E-state index is 14.9. The topological polar surface area (TPSA) is 642 Å². The van der Waals surface area contributed by atoms with Gasteiger partial charge in [0.15, 0.2) is 11.9 Å². The minimum Gasteiger partial charge on any atom is -0.508 e. The van der Waals surface area contributed by atoms with Crippen molar-refractivity contribution in [2.24, 2.45) is 62.0 Å². The van der Waals surface area contributed by atoms with Gasteiger partial charge in [-0.2, -0.15) is 0 Å². The monoisotopic (exact) mass is 1500 g/mol. The SMILES string of the molecule is CC[C@H](C)[C@H](NC(=O)[C@H](Cc1ccc(O)cc1)NC(=O)[C@@H]1CCCN1C(=O)[C@H](CCCN=C(N)N)NC(=O)[C@H](CCCN=C(N)N)NC(=O)[C@@H]1CCCN1C(=O)[C@H](CCCCN)NC(=O)[C@H](CC(N)=O)NC(=O)CNC(=O)[C@H](Cc1ccc(O)cc1)NC(=O)[C@H](CC(C)C)NC(=O)[C@@H](N)CCC(=O)O)C(=O)O. The highest BCUT2D eigenvalue weighted by atomic mass is 16.4. The number of hydrogen-bond acceptors (Lipinski definition) is 20. The molecule has 38 heteroatoms. The molecule has 2 aromatic carbocycles. The van der Waals surface area contributed by atoms with Crippen molar-refractivity contribution in [3.05, 3.63) is 59.7 Å². The van der Waals surface area contributed by atoms with E-state index in [0.29, 0.717) is 30.4 Å². The second kappa shape index (κ2) is 44.8. The smallest absolute Gasteiger partial charge is 0.326 e. The number of nitrogens with two attached hydrogens (primary N) is 7. The summed E-state index contributed by atoms with van der Waals surface area (Å²) in [5, 5.41) is 62.2. The van der Waals surface area contributed by atoms with Crippen LogP contribution in [0.1, 0.15) is 142 Å². The second-order valence-corrected chi connectivity index (χ2v) is 27.1. The number of guanidine groups is 2. The minimum absolute atomic E-state index is 0.00853. The number of likely N-dealkylation sites (tertiary alicyclic amines) is 2. The van der Waals surface area contributed by atoms with Gasteiger partial charge in [0.25, 0.3) is 0 Å². The molecule has 0 aliphatic carbocycles. The number of unbranched alkanes of at least 4 members (excludes halogenated alkanes) is 1. The van der Waals surface area contributed by atoms with Gasteiger partial charge in [-0.05, 0) is 137 Å². The number of benzene rings is 2. The van der Waals surface area contributed by atoms with Gasteiger partial charge in [0.1, 0.15) is 71.9 Å². The summed E-state index contributed by atoms with van der Waals surface area (Å²) in [7, 11) is 0. The first-order valence-electron chi connectivity index (χ1n) is 35.8. The van der Waals surface area contributed by atoms with Crippen LogP contribution in [0.3, 0.4) is 0 Å². The van der Waals surface area contributed by atoms with Crippen LogP contribution in [-0.4, -0.2) is 231 Å². The number of carbonyl (C=O) groups excluding carboxylic acids is 12. The molecule has 0 radical (unpaired) electrons. The predicted octanol–water partition coefficient (Wildman–Crippen LogP) is -4.66. The number of carbonyl (C=O) groups is 14. The van der Waals surface area contributed by atoms with E-state index in [0.717, 1.165) is 0 Å². The lowest BCUT2D eigenvalue weighted by atomic mass is 9.98. The van der Waals surface area contributed by atoms with Gasteiger partial charge >= 0.3 is 11.9 Å². The number of nitrogens with one attached hydrogen (secondary N) is 9. The molecule has 12 amide bonds. The van der Waals surface area contributed by atoms with Crippen molar-refractivity contribution in [2.75, 3.05) is 39.3 Å². The molecule has 0 bridgehead atoms. The van der Waals surface area contributed by atoms with Crippen LogP contribution in [0.4, 0.5) is 0 Å². The van der Waals surface area contributed by atoms with Gasteiger partial charge < -0.3 is 118 Å². The van der Waals surface area contributed by atoms with Crippen LogP contribution in [0.15, 0.2) is 58.5 Å². The highest BCUT2D eigenvalue weighted by Gasteiger charge is 2.43. The average molecular weight is 1510 g/mol. The van der Waals surface area contributed by atoms with E-state index in [9.17, 15) is 82.4 Å². The molecule has 2 saturated heterocycles. The summed E-state index contributed by atoms with van der Waals surface area (Å²) < 4.78 is 0. The molecule has 107 heavy (non-hydrogen) atoms. The zero-order chi connectivity index (χ0) is 79.6. The van der Waals surface area contributed by atoms with E-state index in [-0.39, 0.29) is 146 Å². The Hall–Kier alpha value is -10.9. The molecule has 12 atom stereocenters. The fraction of sp³-hybridized carbons (Fsp3) is 0.594. The van der Waals surface area contributed by atoms with Crippen LogP contribution in [0.2, 0.25) is 0 Å². The fourth-order valence-electron chi connectivity index (χ4n) is 12.1. The normalized spacial score (nSPS) is 16.7. The van der Waals surface area contributed by atoms with Gasteiger partial charge in [-0.1, -0.05) is 58.4 Å². The van der Waals surface area contributed by atoms with Gasteiger partial charge in [-0.3, -0.25) is 72.3 Å². The predicted molar refractivity (Wildman–Crippen MR) is 389 cm³/mol. The van der Waals surface area contributed by atoms with Crippen molar-refractivity contribution in [1.82, 2.24) is 57.7 Å². The quantitative estimate of drug-likeness (QED) is 0.0168. The van der Waals surface area contributed by atoms with Crippen LogP contribution in [0, 0.1) is 11.8 Å². The molecule has 0 aromatic heterocycles. The molecule has 0 saturated carbocycles. The third-order valence-electron chi connectivity index (χ3n) is 18.0. The second-order valence-electron chi connectivity index (χ2n) is 27.1. The highest BCUT2D eigenvalue weighted by molar-refractivity contribution is 6.00. The van der Waals surface area contributed by atoms with Crippen molar-refractivity contribution < 1.29 is 87.5 Å². The molecule has 0 spiro atoms. The maximum absolute atomic E-state index is 14.9. The maximum Gasteiger partial charge on any atom is 0.326 e. The summed E-state index contributed by atoms with van der Waals surface area (Å²) in [6.45, 7) is 6.14. The Morgan fingerprint density at radius 3 is 1.42 bits per heavy atom. The Labute approximate surface area is 619 Å². The number of rotatable bonds is 46. The molecular formula is C69H108N20O18. The largest absolute Gasteiger partial charge is 0.508 e. The Balaban J connectivity index is 1.58. The number of phenols is 2. The Morgan fingerprint density at radius 2 is 0.963 bits per heavy atom. The number of nitrogens with zero attached hydrogens (tertiary/aromatic N) is 4. The number of carboxylic acids is 2. The van der Waals surface area contributed by atoms with E-state index in [1.165, 1.54) is 58.3 Å². The van der Waals surface area contributed by atoms with Crippen molar-refractivity contribution in [1.29, 1.82) is 0 Å². The standard InChI is InChI=1S/C69H108N20O18/c1-5-38(4)56(67(106)107)87-62(101)49(34-40-19-23-42(91)24-20-40)86-64(103)52-16-11-31-89(52)66(105)46(14-9-29-78-69(75)76)82-59(98)44(13-8-28-77-68(73)74)81-63(102)51-15-10-30-88(51)65(104)45(12-6-7-27-70)83-61(100)50(35-53(72)92)80-54(93)36-79-58(97)48(33-39-17-21-41(90)22-18-39)85-60(99)47(32-37(2)3)84-57(96)43(71)25-26-55(94)95/h17-24,37-38,43-52,56,90-91H,5-16,25-36,70-71H2,1-4H3,(H2,72,92)(H,79,97)(H,80,93)(H,81,102)(H,82,98)(H,83,100)(H,84,96)(H,85,99)(H,86,103)(H,87,101)(H,94,95)(H,106,107)(H4,73,74,77)(H4,75,76,78)/t38-,43-,44-,45-,46-,47-,48-,49-,50-,51-,52-,56-/m0/s1. The third-order valence-corrected chi connectivity index (χ3v) is 18.0. The van der Waals surface area contributed by atoms with E-state index in [4.69, 9.17) is 45.2 Å². The number of phenolic OH excluding ortho intramolecular Hbond substituents is 2. The van der Waals surface area contributed by atoms with Crippen LogP contribution in [0.5, 0.6) is 11.5 Å². The molecular weight excluding hydrogens is 1400 g/mol. The average Bonchev–Trinajstić information content (AvgIpc) is 1.73. The van der Waals surface area contributed by atoms with E-state index < -0.39 is 175 Å². The molecule has 2 heterocycles. The number of aromatic hydroxyl groups is 2. The van der Waals surface area contributed by atoms with E-state index in [1.54, 1.807) is 27.7 Å². The zero-order valence-electron chi connectivity index (χ0n) is 60.9. The Kier molecular flexibility index (Phi) is 37.0. The molecule has 4 rings (SSSR count). The summed E-state index contributed by atoms with van der Waals surface area (Å²) in [4.78, 5) is 203. The lowest BCUT2D eigenvalue weighted by molar-refractivity contribution is -0.144. The Bertz CT molecular complexity index is 3450. The Morgan fingerprint density at radius 1 is 0.523 bits per heavy atom. The van der Waals surface area contributed by atoms with Gasteiger partial charge in [0.2, 0.25) is 70.9 Å². The number of primary amides is 1. The zero-order valence-corrected chi connectivity index (χ0v) is 60.9. The van der Waals surface area contributed by atoms with E-state index in [2.05, 4.69) is 57.8 Å². The third kappa shape index (κ3) is 30.6. The van der Waals surface area contributed by atoms with E-state index in [1.807, 2.05) is 0 Å². The summed E-state index contributed by atoms with van der Waals surface area (Å²) >= 11 is 0. The number of hydrogen-bond donors (Lipinski definition) is 20. The number of carboxylic acid groups (broad SMARTS) is 2. The number of amides is 12. The van der Waals surface area contributed by atoms with Crippen molar-refractivity contribution in [2.45, 2.75) is 210 Å². The lowest BCUT2D eigenvalue weighted by Crippen LogP contribution is -2.60.